The van der Waals surface area contributed by atoms with Gasteiger partial charge >= 0.3 is 0 Å². The van der Waals surface area contributed by atoms with Crippen LogP contribution in [-0.2, 0) is 16.4 Å². The van der Waals surface area contributed by atoms with Crippen molar-refractivity contribution in [2.24, 2.45) is 0 Å². The van der Waals surface area contributed by atoms with Crippen LogP contribution in [0.1, 0.15) is 10.7 Å². The largest absolute Gasteiger partial charge is 0.384 e. The summed E-state index contributed by atoms with van der Waals surface area (Å²) in [6.07, 6.45) is 1.93. The second kappa shape index (κ2) is 5.64. The molecule has 102 valence electrons. The maximum atomic E-state index is 12.0. The van der Waals surface area contributed by atoms with Crippen LogP contribution in [0.4, 0.5) is 5.82 Å². The number of aromatic nitrogens is 2. The summed E-state index contributed by atoms with van der Waals surface area (Å²) in [7, 11) is -3.54. The van der Waals surface area contributed by atoms with Crippen LogP contribution in [0.3, 0.4) is 0 Å². The zero-order valence-corrected chi connectivity index (χ0v) is 12.0. The summed E-state index contributed by atoms with van der Waals surface area (Å²) >= 11 is 1.55. The van der Waals surface area contributed by atoms with Gasteiger partial charge < -0.3 is 5.73 Å². The van der Waals surface area contributed by atoms with Gasteiger partial charge in [0.15, 0.2) is 0 Å². The first-order valence-electron chi connectivity index (χ1n) is 5.59. The molecule has 0 radical (unpaired) electrons. The van der Waals surface area contributed by atoms with Gasteiger partial charge in [-0.25, -0.2) is 23.1 Å². The van der Waals surface area contributed by atoms with E-state index in [1.165, 1.54) is 18.3 Å². The van der Waals surface area contributed by atoms with E-state index in [1.54, 1.807) is 11.3 Å². The van der Waals surface area contributed by atoms with E-state index in [1.807, 2.05) is 12.3 Å². The Morgan fingerprint density at radius 2 is 2.26 bits per heavy atom. The molecule has 0 aromatic carbocycles. The highest BCUT2D eigenvalue weighted by molar-refractivity contribution is 7.89. The molecule has 19 heavy (non-hydrogen) atoms. The second-order valence-electron chi connectivity index (χ2n) is 3.92. The minimum Gasteiger partial charge on any atom is -0.384 e. The zero-order valence-electron chi connectivity index (χ0n) is 10.3. The van der Waals surface area contributed by atoms with Crippen molar-refractivity contribution in [1.82, 2.24) is 14.7 Å². The average Bonchev–Trinajstić information content (AvgIpc) is 2.75. The Morgan fingerprint density at radius 3 is 2.89 bits per heavy atom. The van der Waals surface area contributed by atoms with Gasteiger partial charge in [0.1, 0.15) is 5.82 Å². The molecule has 0 atom stereocenters. The molecule has 0 aliphatic heterocycles. The Morgan fingerprint density at radius 1 is 1.47 bits per heavy atom. The number of pyridine rings is 1. The van der Waals surface area contributed by atoms with Gasteiger partial charge in [0.05, 0.1) is 15.6 Å². The fraction of sp³-hybridized carbons (Fsp3) is 0.273. The molecule has 0 aliphatic carbocycles. The van der Waals surface area contributed by atoms with Crippen molar-refractivity contribution in [2.75, 3.05) is 12.3 Å². The SMILES string of the molecule is Cc1nc(CCNS(=O)(=O)c2ccnc(N)c2)cs1. The highest BCUT2D eigenvalue weighted by Crippen LogP contribution is 2.11. The molecule has 6 nitrogen and oxygen atoms in total. The van der Waals surface area contributed by atoms with E-state index in [-0.39, 0.29) is 10.7 Å². The first-order chi connectivity index (χ1) is 8.97. The molecule has 0 saturated heterocycles. The lowest BCUT2D eigenvalue weighted by atomic mass is 10.3. The van der Waals surface area contributed by atoms with E-state index in [4.69, 9.17) is 5.73 Å². The lowest BCUT2D eigenvalue weighted by Gasteiger charge is -2.06. The van der Waals surface area contributed by atoms with Crippen molar-refractivity contribution in [1.29, 1.82) is 0 Å². The van der Waals surface area contributed by atoms with Crippen molar-refractivity contribution >= 4 is 27.2 Å². The molecule has 2 aromatic heterocycles. The van der Waals surface area contributed by atoms with E-state index >= 15 is 0 Å². The summed E-state index contributed by atoms with van der Waals surface area (Å²) in [5.74, 6) is 0.179. The number of nitrogen functional groups attached to an aromatic ring is 1. The Hall–Kier alpha value is -1.51. The summed E-state index contributed by atoms with van der Waals surface area (Å²) in [4.78, 5) is 8.15. The van der Waals surface area contributed by atoms with Crippen LogP contribution < -0.4 is 10.5 Å². The molecule has 2 rings (SSSR count). The predicted molar refractivity (Wildman–Crippen MR) is 74.4 cm³/mol. The van der Waals surface area contributed by atoms with Gasteiger partial charge in [-0.1, -0.05) is 0 Å². The van der Waals surface area contributed by atoms with Gasteiger partial charge in [0, 0.05) is 30.6 Å². The molecule has 0 saturated carbocycles. The molecule has 3 N–H and O–H groups in total. The van der Waals surface area contributed by atoms with E-state index in [0.29, 0.717) is 13.0 Å². The molecule has 8 heteroatoms. The number of nitrogens with two attached hydrogens (primary N) is 1. The van der Waals surface area contributed by atoms with E-state index in [2.05, 4.69) is 14.7 Å². The zero-order chi connectivity index (χ0) is 13.9. The van der Waals surface area contributed by atoms with Gasteiger partial charge in [-0.2, -0.15) is 0 Å². The summed E-state index contributed by atoms with van der Waals surface area (Å²) in [5.41, 5.74) is 6.35. The molecule has 0 aliphatic rings. The van der Waals surface area contributed by atoms with Crippen molar-refractivity contribution in [3.63, 3.8) is 0 Å². The fourth-order valence-electron chi connectivity index (χ4n) is 1.51. The molecule has 2 aromatic rings. The third kappa shape index (κ3) is 3.72. The molecular weight excluding hydrogens is 284 g/mol. The number of hydrogen-bond donors (Lipinski definition) is 2. The summed E-state index contributed by atoms with van der Waals surface area (Å²) in [6.45, 7) is 2.21. The molecule has 0 unspecified atom stereocenters. The van der Waals surface area contributed by atoms with Gasteiger partial charge in [-0.15, -0.1) is 11.3 Å². The van der Waals surface area contributed by atoms with E-state index in [9.17, 15) is 8.42 Å². The van der Waals surface area contributed by atoms with E-state index in [0.717, 1.165) is 10.7 Å². The number of rotatable bonds is 5. The highest BCUT2D eigenvalue weighted by atomic mass is 32.2. The summed E-state index contributed by atoms with van der Waals surface area (Å²) in [5, 5.41) is 2.90. The van der Waals surface area contributed by atoms with Crippen LogP contribution >= 0.6 is 11.3 Å². The Kier molecular flexibility index (Phi) is 4.13. The Labute approximate surface area is 115 Å². The number of sulfonamides is 1. The molecule has 0 amide bonds. The van der Waals surface area contributed by atoms with Crippen LogP contribution in [0, 0.1) is 6.92 Å². The maximum Gasteiger partial charge on any atom is 0.240 e. The van der Waals surface area contributed by atoms with Crippen LogP contribution in [0.25, 0.3) is 0 Å². The molecule has 0 spiro atoms. The standard InChI is InChI=1S/C11H14N4O2S2/c1-8-15-9(7-18-8)2-5-14-19(16,17)10-3-4-13-11(12)6-10/h3-4,6-7,14H,2,5H2,1H3,(H2,12,13). The fourth-order valence-corrected chi connectivity index (χ4v) is 3.22. The number of hydrogen-bond acceptors (Lipinski definition) is 6. The first-order valence-corrected chi connectivity index (χ1v) is 7.96. The predicted octanol–water partition coefficient (Wildman–Crippen LogP) is 0.950. The summed E-state index contributed by atoms with van der Waals surface area (Å²) in [6, 6.07) is 2.74. The van der Waals surface area contributed by atoms with Crippen molar-refractivity contribution < 1.29 is 8.42 Å². The maximum absolute atomic E-state index is 12.0. The van der Waals surface area contributed by atoms with Crippen molar-refractivity contribution in [2.45, 2.75) is 18.2 Å². The topological polar surface area (TPSA) is 98.0 Å². The van der Waals surface area contributed by atoms with Gasteiger partial charge in [0.25, 0.3) is 0 Å². The molecule has 0 bridgehead atoms. The number of anilines is 1. The Balaban J connectivity index is 1.98. The molecule has 2 heterocycles. The molecule has 0 fully saturated rings. The lowest BCUT2D eigenvalue weighted by Crippen LogP contribution is -2.26. The first kappa shape index (κ1) is 13.9. The minimum absolute atomic E-state index is 0.120. The van der Waals surface area contributed by atoms with E-state index < -0.39 is 10.0 Å². The van der Waals surface area contributed by atoms with Crippen molar-refractivity contribution in [3.05, 3.63) is 34.4 Å². The molecular formula is C11H14N4O2S2. The Bertz CT molecular complexity index is 667. The van der Waals surface area contributed by atoms with Gasteiger partial charge in [-0.05, 0) is 13.0 Å². The minimum atomic E-state index is -3.54. The lowest BCUT2D eigenvalue weighted by molar-refractivity contribution is 0.581. The third-order valence-corrected chi connectivity index (χ3v) is 4.68. The monoisotopic (exact) mass is 298 g/mol. The van der Waals surface area contributed by atoms with Crippen LogP contribution in [0.2, 0.25) is 0 Å². The average molecular weight is 298 g/mol. The third-order valence-electron chi connectivity index (χ3n) is 2.40. The number of nitrogens with one attached hydrogen (secondary N) is 1. The number of nitrogens with zero attached hydrogens (tertiary/aromatic N) is 2. The van der Waals surface area contributed by atoms with Crippen LogP contribution in [-0.4, -0.2) is 24.9 Å². The number of aryl methyl sites for hydroxylation is 1. The van der Waals surface area contributed by atoms with Crippen LogP contribution in [0.15, 0.2) is 28.6 Å². The quantitative estimate of drug-likeness (QED) is 0.856. The smallest absolute Gasteiger partial charge is 0.240 e. The van der Waals surface area contributed by atoms with Gasteiger partial charge in [-0.3, -0.25) is 0 Å². The van der Waals surface area contributed by atoms with Gasteiger partial charge in [0.2, 0.25) is 10.0 Å². The second-order valence-corrected chi connectivity index (χ2v) is 6.75. The van der Waals surface area contributed by atoms with Crippen molar-refractivity contribution in [3.8, 4) is 0 Å². The summed E-state index contributed by atoms with van der Waals surface area (Å²) < 4.78 is 26.4. The number of thiazole rings is 1. The normalized spacial score (nSPS) is 11.6. The highest BCUT2D eigenvalue weighted by Gasteiger charge is 2.13. The van der Waals surface area contributed by atoms with Crippen LogP contribution in [0.5, 0.6) is 0 Å².